The monoisotopic (exact) mass is 283 g/mol. The minimum Gasteiger partial charge on any atom is -0.322 e. The summed E-state index contributed by atoms with van der Waals surface area (Å²) in [6, 6.07) is -0.271. The molecule has 0 amide bonds. The molecule has 0 aromatic carbocycles. The lowest BCUT2D eigenvalue weighted by Crippen LogP contribution is -2.26. The molecule has 0 radical (unpaired) electrons. The van der Waals surface area contributed by atoms with Crippen LogP contribution in [-0.2, 0) is 4.79 Å². The maximum Gasteiger partial charge on any atom is 0.149 e. The highest BCUT2D eigenvalue weighted by molar-refractivity contribution is 5.83. The Labute approximate surface area is 126 Å². The van der Waals surface area contributed by atoms with Gasteiger partial charge in [0.1, 0.15) is 5.78 Å². The fourth-order valence-corrected chi connectivity index (χ4v) is 2.54. The summed E-state index contributed by atoms with van der Waals surface area (Å²) < 4.78 is 0. The first-order chi connectivity index (χ1) is 9.68. The van der Waals surface area contributed by atoms with Gasteiger partial charge in [-0.05, 0) is 13.3 Å². The number of unbranched alkanes of at least 4 members (excludes halogenated alkanes) is 12. The lowest BCUT2D eigenvalue weighted by atomic mass is 10.0. The molecule has 0 aliphatic heterocycles. The highest BCUT2D eigenvalue weighted by atomic mass is 16.1. The molecular weight excluding hydrogens is 246 g/mol. The van der Waals surface area contributed by atoms with Crippen molar-refractivity contribution in [3.8, 4) is 0 Å². The first-order valence-electron chi connectivity index (χ1n) is 8.96. The number of ketones is 1. The van der Waals surface area contributed by atoms with Gasteiger partial charge in [0.05, 0.1) is 6.04 Å². The Kier molecular flexibility index (Phi) is 14.7. The van der Waals surface area contributed by atoms with Crippen molar-refractivity contribution in [3.05, 3.63) is 0 Å². The van der Waals surface area contributed by atoms with Crippen LogP contribution < -0.4 is 5.73 Å². The average molecular weight is 283 g/mol. The molecule has 0 heterocycles. The van der Waals surface area contributed by atoms with Gasteiger partial charge < -0.3 is 5.73 Å². The van der Waals surface area contributed by atoms with E-state index in [0.717, 1.165) is 6.42 Å². The molecule has 0 aliphatic carbocycles. The van der Waals surface area contributed by atoms with Crippen molar-refractivity contribution in [2.24, 2.45) is 5.73 Å². The van der Waals surface area contributed by atoms with Gasteiger partial charge in [-0.2, -0.15) is 0 Å². The summed E-state index contributed by atoms with van der Waals surface area (Å²) in [6.45, 7) is 4.05. The zero-order valence-corrected chi connectivity index (χ0v) is 14.0. The Morgan fingerprint density at radius 3 is 1.45 bits per heavy atom. The molecule has 0 aliphatic rings. The predicted molar refractivity (Wildman–Crippen MR) is 89.0 cm³/mol. The van der Waals surface area contributed by atoms with Crippen molar-refractivity contribution in [3.63, 3.8) is 0 Å². The molecule has 2 heteroatoms. The third-order valence-electron chi connectivity index (χ3n) is 4.03. The van der Waals surface area contributed by atoms with Gasteiger partial charge in [-0.1, -0.05) is 84.0 Å². The van der Waals surface area contributed by atoms with Gasteiger partial charge in [0.25, 0.3) is 0 Å². The van der Waals surface area contributed by atoms with Crippen LogP contribution in [0.3, 0.4) is 0 Å². The lowest BCUT2D eigenvalue weighted by molar-refractivity contribution is -0.120. The molecule has 0 unspecified atom stereocenters. The van der Waals surface area contributed by atoms with E-state index in [2.05, 4.69) is 6.92 Å². The van der Waals surface area contributed by atoms with Crippen LogP contribution in [0.4, 0.5) is 0 Å². The Bertz CT molecular complexity index is 213. The van der Waals surface area contributed by atoms with Crippen LogP contribution in [0, 0.1) is 0 Å². The summed E-state index contributed by atoms with van der Waals surface area (Å²) in [6.07, 6.45) is 18.1. The van der Waals surface area contributed by atoms with Crippen LogP contribution in [0.25, 0.3) is 0 Å². The Hall–Kier alpha value is -0.370. The van der Waals surface area contributed by atoms with E-state index in [1.807, 2.05) is 0 Å². The molecule has 0 aromatic heterocycles. The summed E-state index contributed by atoms with van der Waals surface area (Å²) in [4.78, 5) is 11.3. The van der Waals surface area contributed by atoms with Crippen molar-refractivity contribution < 1.29 is 4.79 Å². The number of rotatable bonds is 15. The van der Waals surface area contributed by atoms with Crippen molar-refractivity contribution in [2.45, 2.75) is 110 Å². The third kappa shape index (κ3) is 14.0. The summed E-state index contributed by atoms with van der Waals surface area (Å²) >= 11 is 0. The van der Waals surface area contributed by atoms with E-state index in [4.69, 9.17) is 5.73 Å². The molecular formula is C18H37NO. The van der Waals surface area contributed by atoms with Crippen molar-refractivity contribution in [2.75, 3.05) is 0 Å². The van der Waals surface area contributed by atoms with Crippen molar-refractivity contribution in [1.82, 2.24) is 0 Å². The molecule has 0 rings (SSSR count). The summed E-state index contributed by atoms with van der Waals surface area (Å²) in [5, 5.41) is 0. The van der Waals surface area contributed by atoms with Gasteiger partial charge in [0.15, 0.2) is 0 Å². The standard InChI is InChI=1S/C18H37NO/c1-3-4-5-6-7-8-9-10-11-12-13-14-15-16-18(20)17(2)19/h17H,3-16,19H2,1-2H3/t17-/m0/s1. The largest absolute Gasteiger partial charge is 0.322 e. The number of carbonyl (C=O) groups excluding carboxylic acids is 1. The number of hydrogen-bond acceptors (Lipinski definition) is 2. The first-order valence-corrected chi connectivity index (χ1v) is 8.96. The van der Waals surface area contributed by atoms with E-state index in [1.165, 1.54) is 77.0 Å². The zero-order chi connectivity index (χ0) is 15.1. The molecule has 0 saturated carbocycles. The zero-order valence-electron chi connectivity index (χ0n) is 14.0. The maximum absolute atomic E-state index is 11.3. The minimum atomic E-state index is -0.271. The Morgan fingerprint density at radius 2 is 1.10 bits per heavy atom. The maximum atomic E-state index is 11.3. The van der Waals surface area contributed by atoms with Crippen molar-refractivity contribution >= 4 is 5.78 Å². The van der Waals surface area contributed by atoms with Crippen LogP contribution in [0.15, 0.2) is 0 Å². The second kappa shape index (κ2) is 15.0. The van der Waals surface area contributed by atoms with Crippen molar-refractivity contribution in [1.29, 1.82) is 0 Å². The number of carbonyl (C=O) groups is 1. The normalized spacial score (nSPS) is 12.6. The predicted octanol–water partition coefficient (Wildman–Crippen LogP) is 5.38. The molecule has 0 spiro atoms. The fraction of sp³-hybridized carbons (Fsp3) is 0.944. The average Bonchev–Trinajstić information content (AvgIpc) is 2.43. The lowest BCUT2D eigenvalue weighted by Gasteiger charge is -2.04. The molecule has 0 saturated heterocycles. The number of Topliss-reactive ketones (excluding diaryl/α,β-unsaturated/α-hetero) is 1. The number of hydrogen-bond donors (Lipinski definition) is 1. The summed E-state index contributed by atoms with van der Waals surface area (Å²) in [5.74, 6) is 0.216. The van der Waals surface area contributed by atoms with Crippen LogP contribution in [0.1, 0.15) is 104 Å². The number of nitrogens with two attached hydrogens (primary N) is 1. The van der Waals surface area contributed by atoms with Gasteiger partial charge in [-0.3, -0.25) is 4.79 Å². The molecule has 20 heavy (non-hydrogen) atoms. The third-order valence-corrected chi connectivity index (χ3v) is 4.03. The minimum absolute atomic E-state index is 0.216. The van der Waals surface area contributed by atoms with Gasteiger partial charge in [-0.15, -0.1) is 0 Å². The summed E-state index contributed by atoms with van der Waals surface area (Å²) in [5.41, 5.74) is 5.53. The van der Waals surface area contributed by atoms with E-state index in [-0.39, 0.29) is 11.8 Å². The molecule has 120 valence electrons. The van der Waals surface area contributed by atoms with Crippen LogP contribution in [-0.4, -0.2) is 11.8 Å². The second-order valence-corrected chi connectivity index (χ2v) is 6.25. The Balaban J connectivity index is 3.04. The molecule has 0 aromatic rings. The van der Waals surface area contributed by atoms with Gasteiger partial charge >= 0.3 is 0 Å². The molecule has 2 N–H and O–H groups in total. The smallest absolute Gasteiger partial charge is 0.149 e. The quantitative estimate of drug-likeness (QED) is 0.410. The fourth-order valence-electron chi connectivity index (χ4n) is 2.54. The van der Waals surface area contributed by atoms with E-state index >= 15 is 0 Å². The van der Waals surface area contributed by atoms with E-state index in [0.29, 0.717) is 6.42 Å². The SMILES string of the molecule is CCCCCCCCCCCCCCCC(=O)[C@H](C)N. The van der Waals surface area contributed by atoms with Gasteiger partial charge in [0.2, 0.25) is 0 Å². The van der Waals surface area contributed by atoms with E-state index in [9.17, 15) is 4.79 Å². The van der Waals surface area contributed by atoms with E-state index in [1.54, 1.807) is 6.92 Å². The topological polar surface area (TPSA) is 43.1 Å². The van der Waals surface area contributed by atoms with Crippen LogP contribution in [0.5, 0.6) is 0 Å². The summed E-state index contributed by atoms with van der Waals surface area (Å²) in [7, 11) is 0. The van der Waals surface area contributed by atoms with Crippen LogP contribution in [0.2, 0.25) is 0 Å². The van der Waals surface area contributed by atoms with E-state index < -0.39 is 0 Å². The Morgan fingerprint density at radius 1 is 0.750 bits per heavy atom. The van der Waals surface area contributed by atoms with Gasteiger partial charge in [-0.25, -0.2) is 0 Å². The first kappa shape index (κ1) is 19.6. The van der Waals surface area contributed by atoms with Crippen LogP contribution >= 0.6 is 0 Å². The molecule has 1 atom stereocenters. The molecule has 2 nitrogen and oxygen atoms in total. The highest BCUT2D eigenvalue weighted by Crippen LogP contribution is 2.13. The van der Waals surface area contributed by atoms with Gasteiger partial charge in [0, 0.05) is 6.42 Å². The highest BCUT2D eigenvalue weighted by Gasteiger charge is 2.05. The second-order valence-electron chi connectivity index (χ2n) is 6.25. The molecule has 0 fully saturated rings. The molecule has 0 bridgehead atoms.